The first-order chi connectivity index (χ1) is 11.3. The summed E-state index contributed by atoms with van der Waals surface area (Å²) in [4.78, 5) is 16.9. The number of rotatable bonds is 4. The molecule has 0 N–H and O–H groups in total. The zero-order chi connectivity index (χ0) is 16.1. The molecule has 3 rings (SSSR count). The van der Waals surface area contributed by atoms with Gasteiger partial charge >= 0.3 is 5.97 Å². The lowest BCUT2D eigenvalue weighted by atomic mass is 10.1. The summed E-state index contributed by atoms with van der Waals surface area (Å²) in [5.41, 5.74) is 2.06. The van der Waals surface area contributed by atoms with Gasteiger partial charge in [0.15, 0.2) is 6.10 Å². The summed E-state index contributed by atoms with van der Waals surface area (Å²) in [6.45, 7) is 0. The second-order valence-electron chi connectivity index (χ2n) is 4.93. The van der Waals surface area contributed by atoms with E-state index in [1.165, 1.54) is 0 Å². The molecule has 1 heterocycles. The lowest BCUT2D eigenvalue weighted by Crippen LogP contribution is -2.14. The third kappa shape index (κ3) is 3.66. The molecule has 0 unspecified atom stereocenters. The summed E-state index contributed by atoms with van der Waals surface area (Å²) in [6.07, 6.45) is 1.15. The maximum atomic E-state index is 12.5. The molecular weight excluding hydrogens is 354 g/mol. The molecule has 1 atom stereocenters. The Hall–Kier alpha value is -2.46. The second-order valence-corrected chi connectivity index (χ2v) is 5.78. The number of pyridine rings is 1. The summed E-state index contributed by atoms with van der Waals surface area (Å²) in [7, 11) is 0. The minimum absolute atomic E-state index is 0.392. The van der Waals surface area contributed by atoms with Crippen LogP contribution in [0, 0.1) is 0 Å². The van der Waals surface area contributed by atoms with Gasteiger partial charge < -0.3 is 4.74 Å². The van der Waals surface area contributed by atoms with Gasteiger partial charge in [0.1, 0.15) is 0 Å². The number of hydrogen-bond donors (Lipinski definition) is 0. The van der Waals surface area contributed by atoms with E-state index in [0.29, 0.717) is 15.7 Å². The van der Waals surface area contributed by atoms with Crippen LogP contribution in [-0.2, 0) is 4.74 Å². The van der Waals surface area contributed by atoms with Gasteiger partial charge in [-0.2, -0.15) is 0 Å². The van der Waals surface area contributed by atoms with E-state index in [0.717, 1.165) is 5.56 Å². The van der Waals surface area contributed by atoms with Crippen LogP contribution in [0.5, 0.6) is 0 Å². The fourth-order valence-corrected chi connectivity index (χ4v) is 2.70. The van der Waals surface area contributed by atoms with Gasteiger partial charge in [-0.1, -0.05) is 48.5 Å². The SMILES string of the molecule is O=C(O[C@@H](c1ccccc1)c1ccccn1)c1ccccc1Br. The second kappa shape index (κ2) is 7.20. The molecule has 0 aliphatic heterocycles. The van der Waals surface area contributed by atoms with E-state index in [2.05, 4.69) is 20.9 Å². The number of benzene rings is 2. The number of hydrogen-bond acceptors (Lipinski definition) is 3. The van der Waals surface area contributed by atoms with Crippen molar-refractivity contribution in [3.8, 4) is 0 Å². The first-order valence-corrected chi connectivity index (χ1v) is 7.96. The van der Waals surface area contributed by atoms with Crippen LogP contribution in [0.1, 0.15) is 27.7 Å². The lowest BCUT2D eigenvalue weighted by Gasteiger charge is -2.18. The highest BCUT2D eigenvalue weighted by molar-refractivity contribution is 9.10. The molecule has 3 aromatic rings. The van der Waals surface area contributed by atoms with Crippen LogP contribution in [0.2, 0.25) is 0 Å². The van der Waals surface area contributed by atoms with E-state index in [1.54, 1.807) is 18.3 Å². The van der Waals surface area contributed by atoms with Gasteiger partial charge in [-0.3, -0.25) is 4.98 Å². The predicted molar refractivity (Wildman–Crippen MR) is 92.1 cm³/mol. The summed E-state index contributed by atoms with van der Waals surface area (Å²) >= 11 is 3.38. The van der Waals surface area contributed by atoms with Crippen LogP contribution >= 0.6 is 15.9 Å². The summed E-state index contributed by atoms with van der Waals surface area (Å²) in [5.74, 6) is -0.392. The Morgan fingerprint density at radius 1 is 0.913 bits per heavy atom. The normalized spacial score (nSPS) is 11.7. The highest BCUT2D eigenvalue weighted by Gasteiger charge is 2.22. The molecule has 0 aliphatic carbocycles. The van der Waals surface area contributed by atoms with Gasteiger partial charge in [0, 0.05) is 10.7 Å². The molecule has 114 valence electrons. The largest absolute Gasteiger partial charge is 0.447 e. The average molecular weight is 368 g/mol. The van der Waals surface area contributed by atoms with Crippen molar-refractivity contribution in [2.75, 3.05) is 0 Å². The van der Waals surface area contributed by atoms with Gasteiger partial charge in [-0.25, -0.2) is 4.79 Å². The van der Waals surface area contributed by atoms with Gasteiger partial charge in [0.25, 0.3) is 0 Å². The number of aromatic nitrogens is 1. The van der Waals surface area contributed by atoms with E-state index >= 15 is 0 Å². The number of halogens is 1. The summed E-state index contributed by atoms with van der Waals surface area (Å²) in [5, 5.41) is 0. The van der Waals surface area contributed by atoms with Gasteiger partial charge in [-0.05, 0) is 45.8 Å². The zero-order valence-electron chi connectivity index (χ0n) is 12.2. The Labute approximate surface area is 143 Å². The number of ether oxygens (including phenoxy) is 1. The number of nitrogens with zero attached hydrogens (tertiary/aromatic N) is 1. The smallest absolute Gasteiger partial charge is 0.340 e. The highest BCUT2D eigenvalue weighted by Crippen LogP contribution is 2.27. The number of carbonyl (C=O) groups excluding carboxylic acids is 1. The van der Waals surface area contributed by atoms with E-state index in [9.17, 15) is 4.79 Å². The molecule has 0 bridgehead atoms. The monoisotopic (exact) mass is 367 g/mol. The quantitative estimate of drug-likeness (QED) is 0.622. The van der Waals surface area contributed by atoms with Crippen molar-refractivity contribution >= 4 is 21.9 Å². The first kappa shape index (κ1) is 15.4. The molecule has 0 fully saturated rings. The summed E-state index contributed by atoms with van der Waals surface area (Å²) < 4.78 is 6.46. The topological polar surface area (TPSA) is 39.2 Å². The Morgan fingerprint density at radius 3 is 2.30 bits per heavy atom. The van der Waals surface area contributed by atoms with Crippen LogP contribution in [0.4, 0.5) is 0 Å². The van der Waals surface area contributed by atoms with Gasteiger partial charge in [0.2, 0.25) is 0 Å². The molecule has 2 aromatic carbocycles. The van der Waals surface area contributed by atoms with E-state index in [4.69, 9.17) is 4.74 Å². The molecule has 0 aliphatic rings. The fourth-order valence-electron chi connectivity index (χ4n) is 2.26. The van der Waals surface area contributed by atoms with Crippen molar-refractivity contribution < 1.29 is 9.53 Å². The molecule has 0 saturated carbocycles. The van der Waals surface area contributed by atoms with E-state index in [-0.39, 0.29) is 0 Å². The zero-order valence-corrected chi connectivity index (χ0v) is 13.8. The van der Waals surface area contributed by atoms with E-state index < -0.39 is 12.1 Å². The number of carbonyl (C=O) groups is 1. The molecule has 0 spiro atoms. The minimum Gasteiger partial charge on any atom is -0.447 e. The fraction of sp³-hybridized carbons (Fsp3) is 0.0526. The maximum absolute atomic E-state index is 12.5. The van der Waals surface area contributed by atoms with Crippen molar-refractivity contribution in [1.82, 2.24) is 4.98 Å². The first-order valence-electron chi connectivity index (χ1n) is 7.17. The maximum Gasteiger partial charge on any atom is 0.340 e. The molecule has 4 heteroatoms. The number of esters is 1. The molecule has 0 saturated heterocycles. The molecule has 1 aromatic heterocycles. The van der Waals surface area contributed by atoms with Crippen molar-refractivity contribution in [2.24, 2.45) is 0 Å². The van der Waals surface area contributed by atoms with Crippen molar-refractivity contribution in [1.29, 1.82) is 0 Å². The van der Waals surface area contributed by atoms with Gasteiger partial charge in [0.05, 0.1) is 11.3 Å². The molecule has 3 nitrogen and oxygen atoms in total. The Balaban J connectivity index is 1.94. The van der Waals surface area contributed by atoms with Crippen LogP contribution in [0.3, 0.4) is 0 Å². The van der Waals surface area contributed by atoms with Crippen molar-refractivity contribution in [3.05, 3.63) is 100 Å². The van der Waals surface area contributed by atoms with Crippen molar-refractivity contribution in [2.45, 2.75) is 6.10 Å². The highest BCUT2D eigenvalue weighted by atomic mass is 79.9. The van der Waals surface area contributed by atoms with Crippen LogP contribution in [0.25, 0.3) is 0 Å². The molecule has 0 amide bonds. The van der Waals surface area contributed by atoms with Crippen LogP contribution in [0.15, 0.2) is 83.5 Å². The Kier molecular flexibility index (Phi) is 4.83. The minimum atomic E-state index is -0.544. The average Bonchev–Trinajstić information content (AvgIpc) is 2.61. The van der Waals surface area contributed by atoms with Gasteiger partial charge in [-0.15, -0.1) is 0 Å². The lowest BCUT2D eigenvalue weighted by molar-refractivity contribution is 0.0369. The summed E-state index contributed by atoms with van der Waals surface area (Å²) in [6, 6.07) is 22.4. The van der Waals surface area contributed by atoms with E-state index in [1.807, 2.05) is 60.7 Å². The molecule has 23 heavy (non-hydrogen) atoms. The standard InChI is InChI=1S/C19H14BrNO2/c20-16-11-5-4-10-15(16)19(22)23-18(14-8-2-1-3-9-14)17-12-6-7-13-21-17/h1-13,18H/t18-/m0/s1. The third-order valence-corrected chi connectivity index (χ3v) is 4.07. The third-order valence-electron chi connectivity index (χ3n) is 3.38. The van der Waals surface area contributed by atoms with Crippen LogP contribution < -0.4 is 0 Å². The molecular formula is C19H14BrNO2. The predicted octanol–water partition coefficient (Wildman–Crippen LogP) is 4.79. The van der Waals surface area contributed by atoms with Crippen molar-refractivity contribution in [3.63, 3.8) is 0 Å². The Morgan fingerprint density at radius 2 is 1.61 bits per heavy atom. The molecule has 0 radical (unpaired) electrons. The van der Waals surface area contributed by atoms with Crippen LogP contribution in [-0.4, -0.2) is 11.0 Å². The Bertz CT molecular complexity index is 751.